The van der Waals surface area contributed by atoms with Gasteiger partial charge in [0.1, 0.15) is 0 Å². The molecule has 1 aliphatic heterocycles. The number of para-hydroxylation sites is 4. The third-order valence-corrected chi connectivity index (χ3v) is 13.2. The Balaban J connectivity index is 1.07. The first-order chi connectivity index (χ1) is 29.0. The highest BCUT2D eigenvalue weighted by Crippen LogP contribution is 2.56. The van der Waals surface area contributed by atoms with Gasteiger partial charge in [-0.25, -0.2) is 0 Å². The summed E-state index contributed by atoms with van der Waals surface area (Å²) < 4.78 is 2.53. The Hall–Kier alpha value is -7.23. The molecular formula is C56H41N3. The summed E-state index contributed by atoms with van der Waals surface area (Å²) in [5, 5.41) is 1.24. The fourth-order valence-corrected chi connectivity index (χ4v) is 10.4. The first kappa shape index (κ1) is 33.9. The van der Waals surface area contributed by atoms with E-state index >= 15 is 0 Å². The maximum Gasteiger partial charge on any atom is 0.0641 e. The van der Waals surface area contributed by atoms with E-state index in [0.29, 0.717) is 5.92 Å². The average Bonchev–Trinajstić information content (AvgIpc) is 3.70. The van der Waals surface area contributed by atoms with Crippen molar-refractivity contribution in [1.29, 1.82) is 0 Å². The van der Waals surface area contributed by atoms with Crippen molar-refractivity contribution in [3.05, 3.63) is 216 Å². The Morgan fingerprint density at radius 2 is 1.25 bits per heavy atom. The van der Waals surface area contributed by atoms with Crippen molar-refractivity contribution in [2.75, 3.05) is 4.90 Å². The molecule has 2 aromatic heterocycles. The standard InChI is InChI=1S/C56H41N3/c1-56(2)48-21-8-3-17-43(48)44-29-28-41(34-49(44)56)58-51-23-10-5-18-45(51)54-46-19-6-11-24-52(46)59(53-25-12-7-20-47(53)55(54)58)50-22-9-4-16-42(50)39-15-13-14-36(33-39)37-26-27-40-35-57-31-30-38(40)32-37/h3-31,33-35,37H,32H2,1-2H3. The van der Waals surface area contributed by atoms with Gasteiger partial charge in [-0.3, -0.25) is 4.98 Å². The number of benzene rings is 7. The molecule has 0 saturated carbocycles. The lowest BCUT2D eigenvalue weighted by Crippen LogP contribution is -2.15. The monoisotopic (exact) mass is 755 g/mol. The molecule has 3 nitrogen and oxygen atoms in total. The minimum absolute atomic E-state index is 0.112. The van der Waals surface area contributed by atoms with Crippen LogP contribution in [-0.4, -0.2) is 9.55 Å². The van der Waals surface area contributed by atoms with Gasteiger partial charge in [-0.05, 0) is 93.4 Å². The maximum atomic E-state index is 4.35. The molecule has 3 heteroatoms. The van der Waals surface area contributed by atoms with Gasteiger partial charge in [-0.2, -0.15) is 0 Å². The van der Waals surface area contributed by atoms with Crippen LogP contribution in [0.4, 0.5) is 17.1 Å². The van der Waals surface area contributed by atoms with Gasteiger partial charge in [0.05, 0.1) is 28.3 Å². The summed E-state index contributed by atoms with van der Waals surface area (Å²) in [4.78, 5) is 6.87. The molecule has 1 atom stereocenters. The topological polar surface area (TPSA) is 21.1 Å². The quantitative estimate of drug-likeness (QED) is 0.178. The number of anilines is 3. The molecular weight excluding hydrogens is 715 g/mol. The SMILES string of the molecule is CC1(C)c2ccccc2-c2ccc(-n3c4c(c5ccccc53)-c3ccccc3N(c3ccccc3-c3cccc(C5C=Cc6cnccc6C5)c3)c3ccccc3-4)cc21. The highest BCUT2D eigenvalue weighted by Gasteiger charge is 2.37. The number of hydrogen-bond donors (Lipinski definition) is 0. The predicted molar refractivity (Wildman–Crippen MR) is 245 cm³/mol. The molecule has 7 aromatic carbocycles. The lowest BCUT2D eigenvalue weighted by atomic mass is 9.82. The van der Waals surface area contributed by atoms with Crippen molar-refractivity contribution >= 4 is 34.0 Å². The summed E-state index contributed by atoms with van der Waals surface area (Å²) in [7, 11) is 0. The summed E-state index contributed by atoms with van der Waals surface area (Å²) in [6.07, 6.45) is 9.43. The maximum absolute atomic E-state index is 4.35. The molecule has 280 valence electrons. The molecule has 1 unspecified atom stereocenters. The van der Waals surface area contributed by atoms with Crippen LogP contribution in [0, 0.1) is 0 Å². The van der Waals surface area contributed by atoms with Crippen molar-refractivity contribution < 1.29 is 0 Å². The summed E-state index contributed by atoms with van der Waals surface area (Å²) >= 11 is 0. The van der Waals surface area contributed by atoms with E-state index in [1.54, 1.807) is 0 Å². The molecule has 9 aromatic rings. The van der Waals surface area contributed by atoms with Crippen LogP contribution in [0.5, 0.6) is 0 Å². The van der Waals surface area contributed by atoms with E-state index in [-0.39, 0.29) is 5.41 Å². The molecule has 3 heterocycles. The smallest absolute Gasteiger partial charge is 0.0641 e. The zero-order valence-corrected chi connectivity index (χ0v) is 33.1. The Bertz CT molecular complexity index is 3200. The van der Waals surface area contributed by atoms with E-state index in [0.717, 1.165) is 23.5 Å². The summed E-state index contributed by atoms with van der Waals surface area (Å²) in [5.41, 5.74) is 22.3. The van der Waals surface area contributed by atoms with E-state index in [9.17, 15) is 0 Å². The van der Waals surface area contributed by atoms with Crippen LogP contribution in [0.15, 0.2) is 188 Å². The number of aromatic nitrogens is 2. The minimum Gasteiger partial charge on any atom is -0.309 e. The molecule has 3 aliphatic rings. The van der Waals surface area contributed by atoms with Crippen LogP contribution in [-0.2, 0) is 11.8 Å². The largest absolute Gasteiger partial charge is 0.309 e. The molecule has 2 aliphatic carbocycles. The third kappa shape index (κ3) is 5.04. The highest BCUT2D eigenvalue weighted by molar-refractivity contribution is 6.13. The molecule has 12 rings (SSSR count). The Kier molecular flexibility index (Phi) is 7.40. The zero-order chi connectivity index (χ0) is 39.2. The Labute approximate surface area is 345 Å². The molecule has 0 N–H and O–H groups in total. The number of allylic oxidation sites excluding steroid dienone is 1. The summed E-state index contributed by atoms with van der Waals surface area (Å²) in [6, 6.07) is 63.3. The number of rotatable bonds is 4. The predicted octanol–water partition coefficient (Wildman–Crippen LogP) is 14.5. The summed E-state index contributed by atoms with van der Waals surface area (Å²) in [6.45, 7) is 4.74. The number of pyridine rings is 1. The van der Waals surface area contributed by atoms with Gasteiger partial charge in [0.2, 0.25) is 0 Å². The van der Waals surface area contributed by atoms with E-state index in [1.165, 1.54) is 89.0 Å². The highest BCUT2D eigenvalue weighted by atomic mass is 15.2. The van der Waals surface area contributed by atoms with E-state index in [2.05, 4.69) is 210 Å². The minimum atomic E-state index is -0.112. The number of nitrogens with zero attached hydrogens (tertiary/aromatic N) is 3. The zero-order valence-electron chi connectivity index (χ0n) is 33.1. The van der Waals surface area contributed by atoms with Crippen molar-refractivity contribution in [2.45, 2.75) is 31.6 Å². The molecule has 0 fully saturated rings. The van der Waals surface area contributed by atoms with Gasteiger partial charge in [0.15, 0.2) is 0 Å². The second-order valence-electron chi connectivity index (χ2n) is 16.7. The van der Waals surface area contributed by atoms with Crippen LogP contribution in [0.25, 0.3) is 67.3 Å². The normalized spacial score (nSPS) is 15.4. The van der Waals surface area contributed by atoms with Gasteiger partial charge < -0.3 is 9.47 Å². The average molecular weight is 756 g/mol. The van der Waals surface area contributed by atoms with Crippen LogP contribution in [0.2, 0.25) is 0 Å². The van der Waals surface area contributed by atoms with Crippen molar-refractivity contribution in [2.24, 2.45) is 0 Å². The second-order valence-corrected chi connectivity index (χ2v) is 16.7. The third-order valence-electron chi connectivity index (χ3n) is 13.2. The lowest BCUT2D eigenvalue weighted by molar-refractivity contribution is 0.660. The molecule has 59 heavy (non-hydrogen) atoms. The molecule has 0 radical (unpaired) electrons. The fraction of sp³-hybridized carbons (Fsp3) is 0.0893. The van der Waals surface area contributed by atoms with Gasteiger partial charge >= 0.3 is 0 Å². The Morgan fingerprint density at radius 1 is 0.576 bits per heavy atom. The number of hydrogen-bond acceptors (Lipinski definition) is 2. The van der Waals surface area contributed by atoms with Gasteiger partial charge in [0, 0.05) is 57.1 Å². The first-order valence-corrected chi connectivity index (χ1v) is 20.7. The van der Waals surface area contributed by atoms with Gasteiger partial charge in [-0.15, -0.1) is 0 Å². The summed E-state index contributed by atoms with van der Waals surface area (Å²) in [5.74, 6) is 0.300. The van der Waals surface area contributed by atoms with Crippen molar-refractivity contribution in [3.63, 3.8) is 0 Å². The van der Waals surface area contributed by atoms with E-state index < -0.39 is 0 Å². The van der Waals surface area contributed by atoms with E-state index in [1.807, 2.05) is 12.4 Å². The molecule has 0 bridgehead atoms. The Morgan fingerprint density at radius 3 is 2.10 bits per heavy atom. The molecule has 0 amide bonds. The van der Waals surface area contributed by atoms with Crippen LogP contribution in [0.1, 0.15) is 47.6 Å². The molecule has 0 spiro atoms. The fourth-order valence-electron chi connectivity index (χ4n) is 10.4. The lowest BCUT2D eigenvalue weighted by Gasteiger charge is -2.30. The first-order valence-electron chi connectivity index (χ1n) is 20.7. The van der Waals surface area contributed by atoms with Gasteiger partial charge in [0.25, 0.3) is 0 Å². The van der Waals surface area contributed by atoms with Crippen LogP contribution >= 0.6 is 0 Å². The van der Waals surface area contributed by atoms with Gasteiger partial charge in [-0.1, -0.05) is 153 Å². The van der Waals surface area contributed by atoms with Crippen LogP contribution < -0.4 is 4.90 Å². The molecule has 0 saturated heterocycles. The second kappa shape index (κ2) is 12.9. The number of fused-ring (bicyclic) bond motifs is 11. The van der Waals surface area contributed by atoms with Crippen molar-refractivity contribution in [1.82, 2.24) is 9.55 Å². The van der Waals surface area contributed by atoms with E-state index in [4.69, 9.17) is 0 Å². The van der Waals surface area contributed by atoms with Crippen LogP contribution in [0.3, 0.4) is 0 Å². The van der Waals surface area contributed by atoms with Crippen molar-refractivity contribution in [3.8, 4) is 50.3 Å².